The molecule has 0 heterocycles. The van der Waals surface area contributed by atoms with Crippen molar-refractivity contribution in [1.29, 1.82) is 0 Å². The molecule has 3 heteroatoms. The quantitative estimate of drug-likeness (QED) is 0.852. The normalized spacial score (nSPS) is 27.0. The van der Waals surface area contributed by atoms with E-state index in [1.807, 2.05) is 38.1 Å². The summed E-state index contributed by atoms with van der Waals surface area (Å²) in [5.41, 5.74) is -0.180. The van der Waals surface area contributed by atoms with Gasteiger partial charge in [-0.1, -0.05) is 26.0 Å². The Morgan fingerprint density at radius 2 is 1.88 bits per heavy atom. The number of ether oxygens (including phenoxy) is 2. The zero-order valence-corrected chi connectivity index (χ0v) is 9.93. The summed E-state index contributed by atoms with van der Waals surface area (Å²) in [4.78, 5) is 0. The average Bonchev–Trinajstić information content (AvgIpc) is 2.29. The fourth-order valence-electron chi connectivity index (χ4n) is 1.93. The maximum atomic E-state index is 9.64. The first-order chi connectivity index (χ1) is 7.55. The van der Waals surface area contributed by atoms with E-state index < -0.39 is 0 Å². The van der Waals surface area contributed by atoms with E-state index >= 15 is 0 Å². The predicted molar refractivity (Wildman–Crippen MR) is 61.8 cm³/mol. The van der Waals surface area contributed by atoms with Crippen LogP contribution in [0.4, 0.5) is 0 Å². The maximum absolute atomic E-state index is 9.64. The van der Waals surface area contributed by atoms with Crippen molar-refractivity contribution in [2.75, 3.05) is 7.11 Å². The molecule has 0 bridgehead atoms. The Hall–Kier alpha value is -1.22. The standard InChI is InChI=1S/C13H18O3/c1-13(2)11(14)8-12(13)16-10-7-5-4-6-9(10)15-3/h4-7,11-12,14H,8H2,1-3H3. The molecule has 1 N–H and O–H groups in total. The average molecular weight is 222 g/mol. The van der Waals surface area contributed by atoms with Gasteiger partial charge in [0.05, 0.1) is 13.2 Å². The van der Waals surface area contributed by atoms with Gasteiger partial charge in [0.2, 0.25) is 0 Å². The molecule has 1 aliphatic rings. The van der Waals surface area contributed by atoms with Gasteiger partial charge >= 0.3 is 0 Å². The van der Waals surface area contributed by atoms with Crippen LogP contribution in [0, 0.1) is 5.41 Å². The Labute approximate surface area is 96.0 Å². The zero-order valence-electron chi connectivity index (χ0n) is 9.93. The van der Waals surface area contributed by atoms with Crippen LogP contribution in [0.25, 0.3) is 0 Å². The van der Waals surface area contributed by atoms with E-state index in [1.165, 1.54) is 0 Å². The number of benzene rings is 1. The predicted octanol–water partition coefficient (Wildman–Crippen LogP) is 2.23. The van der Waals surface area contributed by atoms with Crippen molar-refractivity contribution in [3.63, 3.8) is 0 Å². The monoisotopic (exact) mass is 222 g/mol. The van der Waals surface area contributed by atoms with E-state index in [1.54, 1.807) is 7.11 Å². The molecule has 0 radical (unpaired) electrons. The molecule has 1 fully saturated rings. The second-order valence-electron chi connectivity index (χ2n) is 4.83. The molecular weight excluding hydrogens is 204 g/mol. The SMILES string of the molecule is COc1ccccc1OC1CC(O)C1(C)C. The molecule has 16 heavy (non-hydrogen) atoms. The molecule has 3 nitrogen and oxygen atoms in total. The Kier molecular flexibility index (Phi) is 2.80. The van der Waals surface area contributed by atoms with Gasteiger partial charge < -0.3 is 14.6 Å². The van der Waals surface area contributed by atoms with Gasteiger partial charge in [-0.05, 0) is 12.1 Å². The lowest BCUT2D eigenvalue weighted by Gasteiger charge is -2.48. The minimum absolute atomic E-state index is 0.0544. The van der Waals surface area contributed by atoms with Crippen molar-refractivity contribution in [3.8, 4) is 11.5 Å². The largest absolute Gasteiger partial charge is 0.493 e. The second-order valence-corrected chi connectivity index (χ2v) is 4.83. The highest BCUT2D eigenvalue weighted by atomic mass is 16.5. The molecular formula is C13H18O3. The van der Waals surface area contributed by atoms with E-state index in [4.69, 9.17) is 9.47 Å². The van der Waals surface area contributed by atoms with E-state index in [0.717, 1.165) is 11.5 Å². The third-order valence-corrected chi connectivity index (χ3v) is 3.46. The van der Waals surface area contributed by atoms with Crippen molar-refractivity contribution >= 4 is 0 Å². The van der Waals surface area contributed by atoms with Crippen LogP contribution in [0.15, 0.2) is 24.3 Å². The molecule has 88 valence electrons. The Balaban J connectivity index is 2.11. The van der Waals surface area contributed by atoms with Crippen LogP contribution in [0.5, 0.6) is 11.5 Å². The van der Waals surface area contributed by atoms with Crippen LogP contribution in [0.3, 0.4) is 0 Å². The minimum atomic E-state index is -0.271. The summed E-state index contributed by atoms with van der Waals surface area (Å²) in [5, 5.41) is 9.64. The van der Waals surface area contributed by atoms with Crippen molar-refractivity contribution in [3.05, 3.63) is 24.3 Å². The van der Waals surface area contributed by atoms with Crippen molar-refractivity contribution in [1.82, 2.24) is 0 Å². The molecule has 2 unspecified atom stereocenters. The Morgan fingerprint density at radius 3 is 2.38 bits per heavy atom. The van der Waals surface area contributed by atoms with Crippen LogP contribution in [-0.2, 0) is 0 Å². The smallest absolute Gasteiger partial charge is 0.161 e. The van der Waals surface area contributed by atoms with Gasteiger partial charge in [0.25, 0.3) is 0 Å². The number of methoxy groups -OCH3 is 1. The lowest BCUT2D eigenvalue weighted by atomic mass is 9.66. The van der Waals surface area contributed by atoms with Gasteiger partial charge in [-0.2, -0.15) is 0 Å². The summed E-state index contributed by atoms with van der Waals surface area (Å²) in [6.45, 7) is 4.03. The highest BCUT2D eigenvalue weighted by Gasteiger charge is 2.49. The molecule has 0 saturated heterocycles. The topological polar surface area (TPSA) is 38.7 Å². The zero-order chi connectivity index (χ0) is 11.8. The summed E-state index contributed by atoms with van der Waals surface area (Å²) < 4.78 is 11.1. The fraction of sp³-hybridized carbons (Fsp3) is 0.538. The van der Waals surface area contributed by atoms with Crippen molar-refractivity contribution < 1.29 is 14.6 Å². The van der Waals surface area contributed by atoms with E-state index in [0.29, 0.717) is 6.42 Å². The first-order valence-corrected chi connectivity index (χ1v) is 5.53. The van der Waals surface area contributed by atoms with Gasteiger partial charge in [-0.15, -0.1) is 0 Å². The highest BCUT2D eigenvalue weighted by Crippen LogP contribution is 2.44. The van der Waals surface area contributed by atoms with Crippen LogP contribution in [0.1, 0.15) is 20.3 Å². The molecule has 1 aromatic rings. The van der Waals surface area contributed by atoms with Gasteiger partial charge in [-0.3, -0.25) is 0 Å². The lowest BCUT2D eigenvalue weighted by Crippen LogP contribution is -2.56. The number of aliphatic hydroxyl groups excluding tert-OH is 1. The van der Waals surface area contributed by atoms with Crippen LogP contribution in [-0.4, -0.2) is 24.4 Å². The Morgan fingerprint density at radius 1 is 1.25 bits per heavy atom. The molecule has 1 aromatic carbocycles. The summed E-state index contributed by atoms with van der Waals surface area (Å²) in [6, 6.07) is 7.59. The third kappa shape index (κ3) is 1.76. The summed E-state index contributed by atoms with van der Waals surface area (Å²) >= 11 is 0. The molecule has 0 spiro atoms. The van der Waals surface area contributed by atoms with E-state index in [2.05, 4.69) is 0 Å². The molecule has 1 aliphatic carbocycles. The van der Waals surface area contributed by atoms with Crippen LogP contribution in [0.2, 0.25) is 0 Å². The minimum Gasteiger partial charge on any atom is -0.493 e. The first kappa shape index (κ1) is 11.3. The third-order valence-electron chi connectivity index (χ3n) is 3.46. The maximum Gasteiger partial charge on any atom is 0.161 e. The number of rotatable bonds is 3. The summed E-state index contributed by atoms with van der Waals surface area (Å²) in [5.74, 6) is 1.48. The Bertz CT molecular complexity index is 373. The van der Waals surface area contributed by atoms with Crippen molar-refractivity contribution in [2.45, 2.75) is 32.5 Å². The van der Waals surface area contributed by atoms with Crippen LogP contribution < -0.4 is 9.47 Å². The highest BCUT2D eigenvalue weighted by molar-refractivity contribution is 5.39. The molecule has 0 amide bonds. The van der Waals surface area contributed by atoms with E-state index in [9.17, 15) is 5.11 Å². The summed E-state index contributed by atoms with van der Waals surface area (Å²) in [7, 11) is 1.63. The van der Waals surface area contributed by atoms with Gasteiger partial charge in [0.15, 0.2) is 11.5 Å². The fourth-order valence-corrected chi connectivity index (χ4v) is 1.93. The number of aliphatic hydroxyl groups is 1. The van der Waals surface area contributed by atoms with E-state index in [-0.39, 0.29) is 17.6 Å². The van der Waals surface area contributed by atoms with Gasteiger partial charge in [0.1, 0.15) is 6.10 Å². The lowest BCUT2D eigenvalue weighted by molar-refractivity contribution is -0.135. The first-order valence-electron chi connectivity index (χ1n) is 5.53. The van der Waals surface area contributed by atoms with Gasteiger partial charge in [0, 0.05) is 11.8 Å². The molecule has 1 saturated carbocycles. The summed E-state index contributed by atoms with van der Waals surface area (Å²) in [6.07, 6.45) is 0.469. The second kappa shape index (κ2) is 3.98. The molecule has 0 aromatic heterocycles. The van der Waals surface area contributed by atoms with Crippen LogP contribution >= 0.6 is 0 Å². The molecule has 0 aliphatic heterocycles. The molecule has 2 rings (SSSR count). The number of hydrogen-bond acceptors (Lipinski definition) is 3. The number of para-hydroxylation sites is 2. The van der Waals surface area contributed by atoms with Crippen molar-refractivity contribution in [2.24, 2.45) is 5.41 Å². The van der Waals surface area contributed by atoms with Gasteiger partial charge in [-0.25, -0.2) is 0 Å². The number of hydrogen-bond donors (Lipinski definition) is 1. The molecule has 2 atom stereocenters.